The molecule has 1 aromatic carbocycles. The maximum Gasteiger partial charge on any atom is 0.271 e. The van der Waals surface area contributed by atoms with Gasteiger partial charge in [0.15, 0.2) is 0 Å². The molecule has 0 bridgehead atoms. The first-order valence-corrected chi connectivity index (χ1v) is 8.25. The molecule has 1 unspecified atom stereocenters. The third-order valence-electron chi connectivity index (χ3n) is 3.19. The Hall–Kier alpha value is -1.96. The van der Waals surface area contributed by atoms with Gasteiger partial charge in [0.2, 0.25) is 5.91 Å². The Bertz CT molecular complexity index is 663. The van der Waals surface area contributed by atoms with E-state index in [9.17, 15) is 9.59 Å². The van der Waals surface area contributed by atoms with E-state index in [2.05, 4.69) is 15.6 Å². The summed E-state index contributed by atoms with van der Waals surface area (Å²) in [6.45, 7) is 2.56. The number of nitrogens with zero attached hydrogens (tertiary/aromatic N) is 1. The molecule has 0 fully saturated rings. The van der Waals surface area contributed by atoms with Crippen molar-refractivity contribution in [2.24, 2.45) is 5.73 Å². The van der Waals surface area contributed by atoms with Gasteiger partial charge in [0.25, 0.3) is 5.91 Å². The zero-order valence-electron chi connectivity index (χ0n) is 13.3. The zero-order valence-corrected chi connectivity index (χ0v) is 15.0. The van der Waals surface area contributed by atoms with E-state index in [1.165, 1.54) is 11.3 Å². The van der Waals surface area contributed by atoms with E-state index in [0.29, 0.717) is 25.2 Å². The average Bonchev–Trinajstić information content (AvgIpc) is 3.02. The molecule has 8 heteroatoms. The number of benzene rings is 1. The lowest BCUT2D eigenvalue weighted by Crippen LogP contribution is -2.44. The molecule has 2 aromatic rings. The van der Waals surface area contributed by atoms with E-state index in [4.69, 9.17) is 5.73 Å². The van der Waals surface area contributed by atoms with Crippen LogP contribution in [0, 0.1) is 0 Å². The minimum atomic E-state index is -0.633. The molecule has 0 radical (unpaired) electrons. The van der Waals surface area contributed by atoms with Crippen molar-refractivity contribution in [1.82, 2.24) is 15.6 Å². The Balaban J connectivity index is 0.00000288. The Morgan fingerprint density at radius 3 is 2.67 bits per heavy atom. The minimum Gasteiger partial charge on any atom is -0.350 e. The summed E-state index contributed by atoms with van der Waals surface area (Å²) in [4.78, 5) is 28.3. The number of halogens is 1. The van der Waals surface area contributed by atoms with Crippen LogP contribution in [-0.2, 0) is 17.8 Å². The van der Waals surface area contributed by atoms with Crippen LogP contribution in [0.5, 0.6) is 0 Å². The van der Waals surface area contributed by atoms with Gasteiger partial charge >= 0.3 is 0 Å². The number of aromatic nitrogens is 1. The van der Waals surface area contributed by atoms with Crippen molar-refractivity contribution < 1.29 is 9.59 Å². The van der Waals surface area contributed by atoms with E-state index < -0.39 is 6.04 Å². The molecule has 0 spiro atoms. The summed E-state index contributed by atoms with van der Waals surface area (Å²) in [5.74, 6) is -0.591. The van der Waals surface area contributed by atoms with E-state index in [0.717, 1.165) is 10.6 Å². The van der Waals surface area contributed by atoms with Crippen molar-refractivity contribution in [3.63, 3.8) is 0 Å². The fourth-order valence-corrected chi connectivity index (χ4v) is 2.72. The first-order valence-electron chi connectivity index (χ1n) is 7.37. The monoisotopic (exact) mass is 368 g/mol. The number of rotatable bonds is 7. The lowest BCUT2D eigenvalue weighted by Gasteiger charge is -2.13. The van der Waals surface area contributed by atoms with Crippen LogP contribution in [0.2, 0.25) is 0 Å². The van der Waals surface area contributed by atoms with Gasteiger partial charge in [-0.25, -0.2) is 4.98 Å². The minimum absolute atomic E-state index is 0. The van der Waals surface area contributed by atoms with Crippen molar-refractivity contribution >= 4 is 35.6 Å². The molecule has 6 nitrogen and oxygen atoms in total. The summed E-state index contributed by atoms with van der Waals surface area (Å²) in [5, 5.41) is 7.94. The predicted molar refractivity (Wildman–Crippen MR) is 97.3 cm³/mol. The SMILES string of the molecule is CC(NC(=O)c1csc(CCN)n1)C(=O)NCc1ccccc1.Cl. The second-order valence-corrected chi connectivity index (χ2v) is 6.01. The highest BCUT2D eigenvalue weighted by Gasteiger charge is 2.18. The summed E-state index contributed by atoms with van der Waals surface area (Å²) in [6.07, 6.45) is 0.644. The molecule has 0 saturated carbocycles. The van der Waals surface area contributed by atoms with Gasteiger partial charge in [0.05, 0.1) is 5.01 Å². The molecule has 130 valence electrons. The Kier molecular flexibility index (Phi) is 8.39. The summed E-state index contributed by atoms with van der Waals surface area (Å²) >= 11 is 1.39. The van der Waals surface area contributed by atoms with Crippen molar-refractivity contribution in [3.05, 3.63) is 52.0 Å². The van der Waals surface area contributed by atoms with E-state index in [1.54, 1.807) is 12.3 Å². The number of amides is 2. The second-order valence-electron chi connectivity index (χ2n) is 5.06. The lowest BCUT2D eigenvalue weighted by atomic mass is 10.2. The maximum atomic E-state index is 12.1. The average molecular weight is 369 g/mol. The number of nitrogens with one attached hydrogen (secondary N) is 2. The standard InChI is InChI=1S/C16H20N4O2S.ClH/c1-11(15(21)18-9-12-5-3-2-4-6-12)19-16(22)13-10-23-14(20-13)7-8-17;/h2-6,10-11H,7-9,17H2,1H3,(H,18,21)(H,19,22);1H. The van der Waals surface area contributed by atoms with Gasteiger partial charge in [-0.05, 0) is 19.0 Å². The normalized spacial score (nSPS) is 11.2. The first kappa shape index (κ1) is 20.1. The fourth-order valence-electron chi connectivity index (χ4n) is 1.93. The molecule has 1 aromatic heterocycles. The van der Waals surface area contributed by atoms with Crippen molar-refractivity contribution in [2.75, 3.05) is 6.54 Å². The highest BCUT2D eigenvalue weighted by atomic mass is 35.5. The Morgan fingerprint density at radius 2 is 2.00 bits per heavy atom. The third kappa shape index (κ3) is 5.92. The van der Waals surface area contributed by atoms with Crippen LogP contribution in [0.4, 0.5) is 0 Å². The van der Waals surface area contributed by atoms with Gasteiger partial charge in [0.1, 0.15) is 11.7 Å². The van der Waals surface area contributed by atoms with E-state index in [1.807, 2.05) is 30.3 Å². The van der Waals surface area contributed by atoms with Gasteiger partial charge in [-0.1, -0.05) is 30.3 Å². The van der Waals surface area contributed by atoms with Crippen LogP contribution in [0.25, 0.3) is 0 Å². The predicted octanol–water partition coefficient (Wildman–Crippen LogP) is 1.50. The quantitative estimate of drug-likeness (QED) is 0.689. The highest BCUT2D eigenvalue weighted by Crippen LogP contribution is 2.10. The van der Waals surface area contributed by atoms with Gasteiger partial charge in [0, 0.05) is 18.3 Å². The van der Waals surface area contributed by atoms with Crippen molar-refractivity contribution in [3.8, 4) is 0 Å². The van der Waals surface area contributed by atoms with Gasteiger partial charge in [-0.15, -0.1) is 23.7 Å². The Labute approximate surface area is 151 Å². The molecular formula is C16H21ClN4O2S. The third-order valence-corrected chi connectivity index (χ3v) is 4.10. The number of hydrogen-bond acceptors (Lipinski definition) is 5. The summed E-state index contributed by atoms with van der Waals surface area (Å²) in [7, 11) is 0. The number of hydrogen-bond donors (Lipinski definition) is 3. The fraction of sp³-hybridized carbons (Fsp3) is 0.312. The topological polar surface area (TPSA) is 97.1 Å². The molecule has 0 aliphatic rings. The maximum absolute atomic E-state index is 12.1. The van der Waals surface area contributed by atoms with E-state index in [-0.39, 0.29) is 24.2 Å². The molecule has 0 aliphatic carbocycles. The van der Waals surface area contributed by atoms with Crippen molar-refractivity contribution in [2.45, 2.75) is 25.9 Å². The lowest BCUT2D eigenvalue weighted by molar-refractivity contribution is -0.122. The largest absolute Gasteiger partial charge is 0.350 e. The first-order chi connectivity index (χ1) is 11.1. The Morgan fingerprint density at radius 1 is 1.29 bits per heavy atom. The second kappa shape index (κ2) is 10.0. The molecule has 0 saturated heterocycles. The van der Waals surface area contributed by atoms with Crippen LogP contribution < -0.4 is 16.4 Å². The molecule has 24 heavy (non-hydrogen) atoms. The summed E-state index contributed by atoms with van der Waals surface area (Å²) in [6, 6.07) is 8.96. The molecule has 0 aliphatic heterocycles. The van der Waals surface area contributed by atoms with Crippen LogP contribution in [0.3, 0.4) is 0 Å². The molecule has 4 N–H and O–H groups in total. The van der Waals surface area contributed by atoms with Crippen LogP contribution in [-0.4, -0.2) is 29.4 Å². The summed E-state index contributed by atoms with van der Waals surface area (Å²) in [5.41, 5.74) is 6.79. The van der Waals surface area contributed by atoms with Gasteiger partial charge in [-0.2, -0.15) is 0 Å². The van der Waals surface area contributed by atoms with Gasteiger partial charge < -0.3 is 16.4 Å². The molecule has 2 rings (SSSR count). The number of nitrogens with two attached hydrogens (primary N) is 1. The van der Waals surface area contributed by atoms with Crippen molar-refractivity contribution in [1.29, 1.82) is 0 Å². The van der Waals surface area contributed by atoms with Crippen LogP contribution in [0.1, 0.15) is 28.0 Å². The molecule has 1 heterocycles. The summed E-state index contributed by atoms with van der Waals surface area (Å²) < 4.78 is 0. The smallest absolute Gasteiger partial charge is 0.271 e. The highest BCUT2D eigenvalue weighted by molar-refractivity contribution is 7.09. The van der Waals surface area contributed by atoms with Crippen LogP contribution in [0.15, 0.2) is 35.7 Å². The van der Waals surface area contributed by atoms with Crippen LogP contribution >= 0.6 is 23.7 Å². The molecule has 2 amide bonds. The molecule has 1 atom stereocenters. The van der Waals surface area contributed by atoms with Gasteiger partial charge in [-0.3, -0.25) is 9.59 Å². The zero-order chi connectivity index (χ0) is 16.7. The number of carbonyl (C=O) groups excluding carboxylic acids is 2. The number of carbonyl (C=O) groups is 2. The molecular weight excluding hydrogens is 348 g/mol. The number of thiazole rings is 1. The van der Waals surface area contributed by atoms with E-state index >= 15 is 0 Å².